The van der Waals surface area contributed by atoms with E-state index in [1.54, 1.807) is 38.4 Å². The number of likely N-dealkylation sites (N-methyl/N-ethyl adjacent to an activating group) is 1. The number of carbonyl (C=O) groups is 2. The molecule has 1 heterocycles. The molecule has 0 bridgehead atoms. The highest BCUT2D eigenvalue weighted by molar-refractivity contribution is 6.30. The van der Waals surface area contributed by atoms with E-state index in [0.29, 0.717) is 22.0 Å². The second kappa shape index (κ2) is 11.1. The number of halogens is 1. The number of hydrogen-bond donors (Lipinski definition) is 3. The maximum atomic E-state index is 13.3. The second-order valence-corrected chi connectivity index (χ2v) is 9.76. The molecule has 2 saturated carbocycles. The van der Waals surface area contributed by atoms with Crippen molar-refractivity contribution in [1.29, 1.82) is 0 Å². The summed E-state index contributed by atoms with van der Waals surface area (Å²) in [6.07, 6.45) is 7.98. The minimum absolute atomic E-state index is 0.0243. The summed E-state index contributed by atoms with van der Waals surface area (Å²) in [7, 11) is 1.56. The van der Waals surface area contributed by atoms with Gasteiger partial charge >= 0.3 is 5.56 Å². The molecule has 1 atom stereocenters. The summed E-state index contributed by atoms with van der Waals surface area (Å²) in [4.78, 5) is 42.7. The molecule has 188 valence electrons. The minimum atomic E-state index is -0.811. The molecule has 1 aromatic heterocycles. The summed E-state index contributed by atoms with van der Waals surface area (Å²) in [6, 6.07) is 5.20. The zero-order valence-electron chi connectivity index (χ0n) is 20.1. The fourth-order valence-electron chi connectivity index (χ4n) is 4.35. The first kappa shape index (κ1) is 25.0. The molecule has 9 nitrogen and oxygen atoms in total. The summed E-state index contributed by atoms with van der Waals surface area (Å²) in [5.41, 5.74) is 3.44. The molecule has 2 aliphatic rings. The van der Waals surface area contributed by atoms with E-state index in [0.717, 1.165) is 38.5 Å². The first-order chi connectivity index (χ1) is 16.9. The zero-order valence-corrected chi connectivity index (χ0v) is 20.9. The van der Waals surface area contributed by atoms with Crippen LogP contribution in [0.15, 0.2) is 29.2 Å². The third kappa shape index (κ3) is 6.33. The molecule has 0 spiro atoms. The number of amides is 2. The van der Waals surface area contributed by atoms with Gasteiger partial charge in [-0.05, 0) is 50.8 Å². The monoisotopic (exact) mass is 501 g/mol. The van der Waals surface area contributed by atoms with Gasteiger partial charge in [0.05, 0.1) is 18.3 Å². The van der Waals surface area contributed by atoms with Crippen LogP contribution in [-0.2, 0) is 16.0 Å². The predicted molar refractivity (Wildman–Crippen MR) is 134 cm³/mol. The molecule has 2 aliphatic carbocycles. The lowest BCUT2D eigenvalue weighted by atomic mass is 9.95. The van der Waals surface area contributed by atoms with Gasteiger partial charge in [-0.2, -0.15) is 0 Å². The Morgan fingerprint density at radius 3 is 2.63 bits per heavy atom. The third-order valence-corrected chi connectivity index (χ3v) is 6.76. The molecule has 35 heavy (non-hydrogen) atoms. The number of hydrogen-bond acceptors (Lipinski definition) is 6. The van der Waals surface area contributed by atoms with Crippen LogP contribution < -0.4 is 26.4 Å². The fourth-order valence-corrected chi connectivity index (χ4v) is 4.55. The van der Waals surface area contributed by atoms with Crippen LogP contribution in [0.1, 0.15) is 56.2 Å². The van der Waals surface area contributed by atoms with Crippen molar-refractivity contribution in [2.75, 3.05) is 17.8 Å². The lowest BCUT2D eigenvalue weighted by Gasteiger charge is -2.24. The van der Waals surface area contributed by atoms with Gasteiger partial charge in [0.15, 0.2) is 11.9 Å². The van der Waals surface area contributed by atoms with Crippen LogP contribution in [-0.4, -0.2) is 40.7 Å². The zero-order chi connectivity index (χ0) is 24.9. The van der Waals surface area contributed by atoms with Gasteiger partial charge in [0.2, 0.25) is 5.91 Å². The van der Waals surface area contributed by atoms with Crippen LogP contribution in [0.4, 0.5) is 5.82 Å². The lowest BCUT2D eigenvalue weighted by Crippen LogP contribution is -2.44. The average molecular weight is 502 g/mol. The Hall–Kier alpha value is -3.07. The Morgan fingerprint density at radius 1 is 1.20 bits per heavy atom. The molecule has 1 unspecified atom stereocenters. The molecule has 3 N–H and O–H groups in total. The average Bonchev–Trinajstić information content (AvgIpc) is 3.69. The van der Waals surface area contributed by atoms with E-state index < -0.39 is 17.6 Å². The molecular weight excluding hydrogens is 470 g/mol. The van der Waals surface area contributed by atoms with Crippen LogP contribution in [0.5, 0.6) is 5.75 Å². The number of nitrogens with one attached hydrogen (secondary N) is 3. The van der Waals surface area contributed by atoms with Crippen molar-refractivity contribution in [2.45, 2.75) is 70.4 Å². The molecule has 4 rings (SSSR count). The third-order valence-electron chi connectivity index (χ3n) is 6.52. The van der Waals surface area contributed by atoms with Gasteiger partial charge in [0.25, 0.3) is 5.91 Å². The highest BCUT2D eigenvalue weighted by Crippen LogP contribution is 2.36. The molecule has 0 aliphatic heterocycles. The van der Waals surface area contributed by atoms with Gasteiger partial charge in [0, 0.05) is 29.6 Å². The highest BCUT2D eigenvalue weighted by Gasteiger charge is 2.39. The molecule has 0 saturated heterocycles. The number of ether oxygens (including phenoxy) is 1. The molecule has 0 radical (unpaired) electrons. The molecule has 10 heteroatoms. The van der Waals surface area contributed by atoms with Crippen molar-refractivity contribution in [1.82, 2.24) is 15.0 Å². The first-order valence-electron chi connectivity index (χ1n) is 12.2. The molecule has 1 aromatic carbocycles. The molecular formula is C25H32ClN5O4. The number of benzene rings is 1. The highest BCUT2D eigenvalue weighted by atomic mass is 35.5. The summed E-state index contributed by atoms with van der Waals surface area (Å²) < 4.78 is 7.37. The van der Waals surface area contributed by atoms with Gasteiger partial charge in [-0.1, -0.05) is 30.9 Å². The number of aryl methyl sites for hydroxylation is 1. The van der Waals surface area contributed by atoms with Gasteiger partial charge in [-0.15, -0.1) is 0 Å². The summed E-state index contributed by atoms with van der Waals surface area (Å²) in [5.74, 6) is 0.0619. The van der Waals surface area contributed by atoms with Gasteiger partial charge in [-0.25, -0.2) is 9.66 Å². The van der Waals surface area contributed by atoms with Crippen molar-refractivity contribution in [3.8, 4) is 5.75 Å². The number of aromatic nitrogens is 2. The van der Waals surface area contributed by atoms with Gasteiger partial charge in [-0.3, -0.25) is 19.8 Å². The Morgan fingerprint density at radius 2 is 1.94 bits per heavy atom. The summed E-state index contributed by atoms with van der Waals surface area (Å²) in [6.45, 7) is 1.71. The first-order valence-corrected chi connectivity index (χ1v) is 12.5. The van der Waals surface area contributed by atoms with E-state index in [9.17, 15) is 14.4 Å². The topological polar surface area (TPSA) is 114 Å². The maximum Gasteiger partial charge on any atom is 0.312 e. The largest absolute Gasteiger partial charge is 0.480 e. The van der Waals surface area contributed by atoms with Crippen LogP contribution in [0.2, 0.25) is 5.02 Å². The fraction of sp³-hybridized carbons (Fsp3) is 0.520. The quantitative estimate of drug-likeness (QED) is 0.486. The Bertz CT molecular complexity index is 1140. The van der Waals surface area contributed by atoms with E-state index in [-0.39, 0.29) is 30.1 Å². The Kier molecular flexibility index (Phi) is 7.95. The number of rotatable bonds is 9. The van der Waals surface area contributed by atoms with Crippen molar-refractivity contribution < 1.29 is 14.3 Å². The SMILES string of the molecule is CNC(=O)Cc1cc(Cl)ccc1OC(C(=O)Nn1c(C)cnc(NC2CCCCC2)c1=O)C1CC1. The number of nitrogens with zero attached hydrogens (tertiary/aromatic N) is 2. The molecule has 2 fully saturated rings. The Balaban J connectivity index is 1.53. The molecule has 2 amide bonds. The normalized spacial score (nSPS) is 16.9. The summed E-state index contributed by atoms with van der Waals surface area (Å²) >= 11 is 6.13. The van der Waals surface area contributed by atoms with Gasteiger partial charge in [0.1, 0.15) is 5.75 Å². The smallest absolute Gasteiger partial charge is 0.312 e. The minimum Gasteiger partial charge on any atom is -0.480 e. The summed E-state index contributed by atoms with van der Waals surface area (Å²) in [5, 5.41) is 6.31. The number of anilines is 1. The van der Waals surface area contributed by atoms with E-state index >= 15 is 0 Å². The second-order valence-electron chi connectivity index (χ2n) is 9.32. The predicted octanol–water partition coefficient (Wildman–Crippen LogP) is 3.17. The van der Waals surface area contributed by atoms with E-state index in [4.69, 9.17) is 16.3 Å². The molecule has 2 aromatic rings. The van der Waals surface area contributed by atoms with Crippen LogP contribution in [0, 0.1) is 12.8 Å². The van der Waals surface area contributed by atoms with Gasteiger partial charge < -0.3 is 15.4 Å². The Labute approximate surface area is 209 Å². The van der Waals surface area contributed by atoms with Crippen molar-refractivity contribution in [3.05, 3.63) is 51.0 Å². The van der Waals surface area contributed by atoms with Crippen molar-refractivity contribution >= 4 is 29.2 Å². The van der Waals surface area contributed by atoms with Crippen molar-refractivity contribution in [2.24, 2.45) is 5.92 Å². The lowest BCUT2D eigenvalue weighted by molar-refractivity contribution is -0.124. The maximum absolute atomic E-state index is 13.3. The van der Waals surface area contributed by atoms with E-state index in [2.05, 4.69) is 21.0 Å². The van der Waals surface area contributed by atoms with Crippen molar-refractivity contribution in [3.63, 3.8) is 0 Å². The van der Waals surface area contributed by atoms with Crippen LogP contribution in [0.3, 0.4) is 0 Å². The standard InChI is InChI=1S/C25H32ClN5O4/c1-15-14-28-23(29-19-6-4-3-5-7-19)25(34)31(15)30-24(33)22(16-8-9-16)35-20-11-10-18(26)12-17(20)13-21(32)27-2/h10-12,14,16,19,22H,3-9,13H2,1-2H3,(H,27,32)(H,28,29)(H,30,33). The van der Waals surface area contributed by atoms with Crippen LogP contribution in [0.25, 0.3) is 0 Å². The van der Waals surface area contributed by atoms with Crippen LogP contribution >= 0.6 is 11.6 Å². The number of carbonyl (C=O) groups excluding carboxylic acids is 2. The van der Waals surface area contributed by atoms with E-state index in [1.807, 2.05) is 0 Å². The van der Waals surface area contributed by atoms with E-state index in [1.165, 1.54) is 11.1 Å².